The minimum Gasteiger partial charge on any atom is -0.457 e. The van der Waals surface area contributed by atoms with Gasteiger partial charge >= 0.3 is 0 Å². The molecule has 86 valence electrons. The van der Waals surface area contributed by atoms with Gasteiger partial charge in [-0.1, -0.05) is 6.07 Å². The molecule has 0 unspecified atom stereocenters. The number of hydrogen-bond donors (Lipinski definition) is 1. The van der Waals surface area contributed by atoms with Crippen molar-refractivity contribution < 1.29 is 4.74 Å². The summed E-state index contributed by atoms with van der Waals surface area (Å²) < 4.78 is 5.76. The Morgan fingerprint density at radius 2 is 1.82 bits per heavy atom. The fraction of sp³-hybridized carbons (Fsp3) is 0.214. The number of rotatable bonds is 2. The minimum absolute atomic E-state index is 0.476. The van der Waals surface area contributed by atoms with E-state index in [1.165, 1.54) is 24.0 Å². The van der Waals surface area contributed by atoms with Gasteiger partial charge in [-0.05, 0) is 48.6 Å². The van der Waals surface area contributed by atoms with E-state index in [2.05, 4.69) is 17.1 Å². The number of anilines is 1. The first-order valence-corrected chi connectivity index (χ1v) is 5.82. The molecule has 1 aliphatic rings. The van der Waals surface area contributed by atoms with Crippen molar-refractivity contribution in [3.63, 3.8) is 0 Å². The van der Waals surface area contributed by atoms with E-state index in [4.69, 9.17) is 10.5 Å². The summed E-state index contributed by atoms with van der Waals surface area (Å²) in [4.78, 5) is 3.94. The van der Waals surface area contributed by atoms with Crippen molar-refractivity contribution in [2.45, 2.75) is 19.3 Å². The quantitative estimate of drug-likeness (QED) is 0.856. The van der Waals surface area contributed by atoms with Gasteiger partial charge in [0.05, 0.1) is 0 Å². The molecule has 3 heteroatoms. The molecule has 0 saturated carbocycles. The lowest BCUT2D eigenvalue weighted by Crippen LogP contribution is -1.91. The molecule has 1 aliphatic carbocycles. The Morgan fingerprint density at radius 3 is 2.71 bits per heavy atom. The number of nitrogens with zero attached hydrogens (tertiary/aromatic N) is 1. The SMILES string of the molecule is Nc1cc(Oc2ccc3c(c2)CCC3)ccn1. The first-order chi connectivity index (χ1) is 8.31. The van der Waals surface area contributed by atoms with Crippen LogP contribution < -0.4 is 10.5 Å². The van der Waals surface area contributed by atoms with Crippen LogP contribution in [0.1, 0.15) is 17.5 Å². The highest BCUT2D eigenvalue weighted by molar-refractivity contribution is 5.42. The van der Waals surface area contributed by atoms with Crippen LogP contribution in [-0.4, -0.2) is 4.98 Å². The highest BCUT2D eigenvalue weighted by Crippen LogP contribution is 2.29. The van der Waals surface area contributed by atoms with E-state index in [0.29, 0.717) is 5.82 Å². The van der Waals surface area contributed by atoms with Crippen molar-refractivity contribution in [1.82, 2.24) is 4.98 Å². The van der Waals surface area contributed by atoms with Crippen molar-refractivity contribution in [2.24, 2.45) is 0 Å². The summed E-state index contributed by atoms with van der Waals surface area (Å²) in [7, 11) is 0. The van der Waals surface area contributed by atoms with Gasteiger partial charge in [0.25, 0.3) is 0 Å². The van der Waals surface area contributed by atoms with Crippen molar-refractivity contribution >= 4 is 5.82 Å². The van der Waals surface area contributed by atoms with Crippen LogP contribution in [0, 0.1) is 0 Å². The normalized spacial score (nSPS) is 13.4. The standard InChI is InChI=1S/C14H14N2O/c15-14-9-13(6-7-16-14)17-12-5-4-10-2-1-3-11(10)8-12/h4-9H,1-3H2,(H2,15,16). The number of aromatic nitrogens is 1. The van der Waals surface area contributed by atoms with Crippen LogP contribution >= 0.6 is 0 Å². The van der Waals surface area contributed by atoms with E-state index >= 15 is 0 Å². The van der Waals surface area contributed by atoms with Crippen LogP contribution in [0.15, 0.2) is 36.5 Å². The number of pyridine rings is 1. The van der Waals surface area contributed by atoms with Crippen molar-refractivity contribution in [1.29, 1.82) is 0 Å². The summed E-state index contributed by atoms with van der Waals surface area (Å²) in [5.41, 5.74) is 8.47. The molecular formula is C14H14N2O. The van der Waals surface area contributed by atoms with Gasteiger partial charge in [0, 0.05) is 12.3 Å². The second-order valence-electron chi connectivity index (χ2n) is 4.30. The third kappa shape index (κ3) is 2.09. The predicted octanol–water partition coefficient (Wildman–Crippen LogP) is 2.94. The van der Waals surface area contributed by atoms with Crippen LogP contribution in [0.5, 0.6) is 11.5 Å². The maximum Gasteiger partial charge on any atom is 0.132 e. The van der Waals surface area contributed by atoms with Crippen molar-refractivity contribution in [3.05, 3.63) is 47.7 Å². The Morgan fingerprint density at radius 1 is 1.00 bits per heavy atom. The molecule has 1 aromatic heterocycles. The second-order valence-corrected chi connectivity index (χ2v) is 4.30. The van der Waals surface area contributed by atoms with E-state index in [9.17, 15) is 0 Å². The zero-order valence-electron chi connectivity index (χ0n) is 9.52. The smallest absolute Gasteiger partial charge is 0.132 e. The van der Waals surface area contributed by atoms with E-state index in [0.717, 1.165) is 17.9 Å². The first kappa shape index (κ1) is 10.1. The Balaban J connectivity index is 1.86. The molecule has 2 aromatic rings. The molecule has 0 aliphatic heterocycles. The third-order valence-electron chi connectivity index (χ3n) is 3.06. The first-order valence-electron chi connectivity index (χ1n) is 5.82. The number of nitrogens with two attached hydrogens (primary N) is 1. The van der Waals surface area contributed by atoms with Gasteiger partial charge in [-0.3, -0.25) is 0 Å². The Bertz CT molecular complexity index is 552. The third-order valence-corrected chi connectivity index (χ3v) is 3.06. The van der Waals surface area contributed by atoms with Gasteiger partial charge in [-0.15, -0.1) is 0 Å². The van der Waals surface area contributed by atoms with Gasteiger partial charge in [-0.2, -0.15) is 0 Å². The molecule has 0 fully saturated rings. The van der Waals surface area contributed by atoms with Crippen LogP contribution in [0.3, 0.4) is 0 Å². The molecule has 0 spiro atoms. The van der Waals surface area contributed by atoms with E-state index in [1.54, 1.807) is 12.3 Å². The minimum atomic E-state index is 0.476. The van der Waals surface area contributed by atoms with Crippen LogP contribution in [-0.2, 0) is 12.8 Å². The molecule has 0 saturated heterocycles. The molecule has 1 aromatic carbocycles. The summed E-state index contributed by atoms with van der Waals surface area (Å²) >= 11 is 0. The monoisotopic (exact) mass is 226 g/mol. The van der Waals surface area contributed by atoms with Crippen LogP contribution in [0.25, 0.3) is 0 Å². The molecule has 1 heterocycles. The highest BCUT2D eigenvalue weighted by Gasteiger charge is 2.11. The van der Waals surface area contributed by atoms with Gasteiger partial charge < -0.3 is 10.5 Å². The zero-order chi connectivity index (χ0) is 11.7. The number of aryl methyl sites for hydroxylation is 2. The van der Waals surface area contributed by atoms with Gasteiger partial charge in [0.15, 0.2) is 0 Å². The van der Waals surface area contributed by atoms with Gasteiger partial charge in [0.2, 0.25) is 0 Å². The van der Waals surface area contributed by atoms with E-state index in [1.807, 2.05) is 12.1 Å². The van der Waals surface area contributed by atoms with E-state index in [-0.39, 0.29) is 0 Å². The van der Waals surface area contributed by atoms with Crippen molar-refractivity contribution in [3.8, 4) is 11.5 Å². The summed E-state index contributed by atoms with van der Waals surface area (Å²) in [5, 5.41) is 0. The molecule has 3 nitrogen and oxygen atoms in total. The summed E-state index contributed by atoms with van der Waals surface area (Å²) in [5.74, 6) is 2.08. The average Bonchev–Trinajstić information content (AvgIpc) is 2.76. The number of fused-ring (bicyclic) bond motifs is 1. The Labute approximate surface area is 100 Å². The molecule has 0 amide bonds. The second kappa shape index (κ2) is 4.09. The molecule has 0 atom stereocenters. The number of ether oxygens (including phenoxy) is 1. The molecular weight excluding hydrogens is 212 g/mol. The van der Waals surface area contributed by atoms with Crippen molar-refractivity contribution in [2.75, 3.05) is 5.73 Å². The molecule has 0 bridgehead atoms. The van der Waals surface area contributed by atoms with Gasteiger partial charge in [-0.25, -0.2) is 4.98 Å². The molecule has 3 rings (SSSR count). The summed E-state index contributed by atoms with van der Waals surface area (Å²) in [6.45, 7) is 0. The number of hydrogen-bond acceptors (Lipinski definition) is 3. The predicted molar refractivity (Wildman–Crippen MR) is 67.2 cm³/mol. The van der Waals surface area contributed by atoms with E-state index < -0.39 is 0 Å². The molecule has 0 radical (unpaired) electrons. The fourth-order valence-corrected chi connectivity index (χ4v) is 2.24. The molecule has 2 N–H and O–H groups in total. The largest absolute Gasteiger partial charge is 0.457 e. The highest BCUT2D eigenvalue weighted by atomic mass is 16.5. The summed E-state index contributed by atoms with van der Waals surface area (Å²) in [6.07, 6.45) is 5.25. The lowest BCUT2D eigenvalue weighted by Gasteiger charge is -2.07. The average molecular weight is 226 g/mol. The maximum atomic E-state index is 5.76. The fourth-order valence-electron chi connectivity index (χ4n) is 2.24. The van der Waals surface area contributed by atoms with Crippen LogP contribution in [0.2, 0.25) is 0 Å². The topological polar surface area (TPSA) is 48.1 Å². The lowest BCUT2D eigenvalue weighted by molar-refractivity contribution is 0.481. The zero-order valence-corrected chi connectivity index (χ0v) is 9.52. The maximum absolute atomic E-state index is 5.76. The number of nitrogen functional groups attached to an aromatic ring is 1. The lowest BCUT2D eigenvalue weighted by atomic mass is 10.1. The summed E-state index contributed by atoms with van der Waals surface area (Å²) in [6, 6.07) is 9.83. The Hall–Kier alpha value is -2.03. The Kier molecular flexibility index (Phi) is 2.44. The van der Waals surface area contributed by atoms with Gasteiger partial charge in [0.1, 0.15) is 17.3 Å². The molecule has 17 heavy (non-hydrogen) atoms. The number of benzene rings is 1. The van der Waals surface area contributed by atoms with Crippen LogP contribution in [0.4, 0.5) is 5.82 Å².